The van der Waals surface area contributed by atoms with Gasteiger partial charge in [0, 0.05) is 18.1 Å². The Balaban J connectivity index is 0.000000461. The lowest BCUT2D eigenvalue weighted by atomic mass is 10.3. The number of hydrogen-bond donors (Lipinski definition) is 0. The average Bonchev–Trinajstić information content (AvgIpc) is 2.62. The van der Waals surface area contributed by atoms with E-state index in [0.717, 1.165) is 12.1 Å². The van der Waals surface area contributed by atoms with E-state index in [0.29, 0.717) is 0 Å². The second-order valence-electron chi connectivity index (χ2n) is 3.04. The molecule has 2 nitrogen and oxygen atoms in total. The summed E-state index contributed by atoms with van der Waals surface area (Å²) < 4.78 is 2.13. The number of pyridine rings is 1. The van der Waals surface area contributed by atoms with Crippen LogP contribution in [0, 0.1) is 6.92 Å². The minimum Gasteiger partial charge on any atom is -0.304 e. The van der Waals surface area contributed by atoms with E-state index in [2.05, 4.69) is 41.6 Å². The summed E-state index contributed by atoms with van der Waals surface area (Å²) in [6.45, 7) is 8.23. The van der Waals surface area contributed by atoms with Crippen molar-refractivity contribution in [2.45, 2.75) is 34.1 Å². The summed E-state index contributed by atoms with van der Waals surface area (Å²) in [6, 6.07) is 4.20. The maximum Gasteiger partial charge on any atom is 0.137 e. The molecule has 0 unspecified atom stereocenters. The van der Waals surface area contributed by atoms with Crippen LogP contribution in [0.1, 0.15) is 32.0 Å². The Morgan fingerprint density at radius 1 is 1.36 bits per heavy atom. The second kappa shape index (κ2) is 4.80. The zero-order valence-electron chi connectivity index (χ0n) is 9.41. The Morgan fingerprint density at radius 2 is 2.07 bits per heavy atom. The van der Waals surface area contributed by atoms with Crippen molar-refractivity contribution in [1.82, 2.24) is 9.38 Å². The van der Waals surface area contributed by atoms with Crippen molar-refractivity contribution < 1.29 is 0 Å². The van der Waals surface area contributed by atoms with Crippen LogP contribution in [-0.4, -0.2) is 9.38 Å². The predicted molar refractivity (Wildman–Crippen MR) is 60.7 cm³/mol. The number of hydrogen-bond acceptors (Lipinski definition) is 1. The van der Waals surface area contributed by atoms with Crippen LogP contribution in [0.4, 0.5) is 0 Å². The van der Waals surface area contributed by atoms with Gasteiger partial charge in [-0.2, -0.15) is 0 Å². The molecule has 0 fully saturated rings. The summed E-state index contributed by atoms with van der Waals surface area (Å²) in [5.41, 5.74) is 3.58. The van der Waals surface area contributed by atoms with E-state index in [9.17, 15) is 0 Å². The molecular weight excluding hydrogens is 172 g/mol. The molecule has 76 valence electrons. The summed E-state index contributed by atoms with van der Waals surface area (Å²) in [6.07, 6.45) is 5.05. The van der Waals surface area contributed by atoms with Crippen molar-refractivity contribution in [3.8, 4) is 0 Å². The highest BCUT2D eigenvalue weighted by atomic mass is 15.0. The Morgan fingerprint density at radius 3 is 2.71 bits per heavy atom. The molecule has 0 aromatic carbocycles. The van der Waals surface area contributed by atoms with Crippen LogP contribution in [0.5, 0.6) is 0 Å². The first-order chi connectivity index (χ1) is 6.81. The minimum absolute atomic E-state index is 1.03. The zero-order chi connectivity index (χ0) is 10.6. The maximum atomic E-state index is 4.31. The highest BCUT2D eigenvalue weighted by Crippen LogP contribution is 2.08. The van der Waals surface area contributed by atoms with Gasteiger partial charge in [0.25, 0.3) is 0 Å². The van der Waals surface area contributed by atoms with Crippen molar-refractivity contribution in [2.75, 3.05) is 0 Å². The largest absolute Gasteiger partial charge is 0.304 e. The van der Waals surface area contributed by atoms with Crippen molar-refractivity contribution >= 4 is 5.65 Å². The van der Waals surface area contributed by atoms with E-state index in [1.807, 2.05) is 20.0 Å². The van der Waals surface area contributed by atoms with Crippen molar-refractivity contribution in [3.05, 3.63) is 35.8 Å². The summed E-state index contributed by atoms with van der Waals surface area (Å²) in [5.74, 6) is 0. The van der Waals surface area contributed by atoms with Gasteiger partial charge in [0.1, 0.15) is 5.65 Å². The Bertz CT molecular complexity index is 402. The lowest BCUT2D eigenvalue weighted by molar-refractivity contribution is 0.993. The monoisotopic (exact) mass is 190 g/mol. The molecule has 0 aliphatic carbocycles. The van der Waals surface area contributed by atoms with Crippen molar-refractivity contribution in [2.24, 2.45) is 0 Å². The predicted octanol–water partition coefficient (Wildman–Crippen LogP) is 3.23. The van der Waals surface area contributed by atoms with Gasteiger partial charge in [-0.15, -0.1) is 0 Å². The maximum absolute atomic E-state index is 4.31. The molecule has 2 heteroatoms. The van der Waals surface area contributed by atoms with Gasteiger partial charge in [0.15, 0.2) is 0 Å². The molecule has 0 bridgehead atoms. The quantitative estimate of drug-likeness (QED) is 0.675. The highest BCUT2D eigenvalue weighted by Gasteiger charge is 1.99. The van der Waals surface area contributed by atoms with Gasteiger partial charge in [0.05, 0.1) is 0 Å². The van der Waals surface area contributed by atoms with Crippen LogP contribution in [0.3, 0.4) is 0 Å². The molecule has 0 saturated heterocycles. The second-order valence-corrected chi connectivity index (χ2v) is 3.04. The van der Waals surface area contributed by atoms with E-state index in [-0.39, 0.29) is 0 Å². The standard InChI is InChI=1S/C10H12N2.C2H6/c1-3-9-7-11-10-6-8(2)4-5-12(9)10;1-2/h4-7H,3H2,1-2H3;1-2H3. The van der Waals surface area contributed by atoms with Crippen LogP contribution < -0.4 is 0 Å². The molecule has 2 heterocycles. The molecule has 2 rings (SSSR count). The fourth-order valence-corrected chi connectivity index (χ4v) is 1.40. The number of aryl methyl sites for hydroxylation is 2. The zero-order valence-corrected chi connectivity index (χ0v) is 9.41. The minimum atomic E-state index is 1.03. The summed E-state index contributed by atoms with van der Waals surface area (Å²) >= 11 is 0. The lowest BCUT2D eigenvalue weighted by Crippen LogP contribution is -1.89. The van der Waals surface area contributed by atoms with Crippen LogP contribution in [0.25, 0.3) is 5.65 Å². The Hall–Kier alpha value is -1.31. The van der Waals surface area contributed by atoms with Gasteiger partial charge < -0.3 is 4.40 Å². The third-order valence-corrected chi connectivity index (χ3v) is 2.11. The molecule has 0 spiro atoms. The molecule has 0 amide bonds. The normalized spacial score (nSPS) is 9.71. The number of nitrogens with zero attached hydrogens (tertiary/aromatic N) is 2. The molecule has 0 atom stereocenters. The summed E-state index contributed by atoms with van der Waals surface area (Å²) in [5, 5.41) is 0. The fraction of sp³-hybridized carbons (Fsp3) is 0.417. The van der Waals surface area contributed by atoms with Crippen molar-refractivity contribution in [1.29, 1.82) is 0 Å². The SMILES string of the molecule is CC.CCc1cnc2cc(C)ccn12. The number of imidazole rings is 1. The van der Waals surface area contributed by atoms with E-state index >= 15 is 0 Å². The first-order valence-corrected chi connectivity index (χ1v) is 5.24. The highest BCUT2D eigenvalue weighted by molar-refractivity contribution is 5.42. The average molecular weight is 190 g/mol. The molecule has 0 saturated carbocycles. The molecule has 0 aliphatic heterocycles. The molecule has 0 radical (unpaired) electrons. The third kappa shape index (κ3) is 1.95. The summed E-state index contributed by atoms with van der Waals surface area (Å²) in [4.78, 5) is 4.31. The fourth-order valence-electron chi connectivity index (χ4n) is 1.40. The van der Waals surface area contributed by atoms with E-state index in [1.165, 1.54) is 11.3 Å². The smallest absolute Gasteiger partial charge is 0.137 e. The first-order valence-electron chi connectivity index (χ1n) is 5.24. The molecular formula is C12H18N2. The topological polar surface area (TPSA) is 17.3 Å². The Labute approximate surface area is 85.6 Å². The van der Waals surface area contributed by atoms with Crippen LogP contribution >= 0.6 is 0 Å². The van der Waals surface area contributed by atoms with Gasteiger partial charge >= 0.3 is 0 Å². The molecule has 0 aliphatic rings. The molecule has 2 aromatic heterocycles. The summed E-state index contributed by atoms with van der Waals surface area (Å²) in [7, 11) is 0. The van der Waals surface area contributed by atoms with Crippen LogP contribution in [0.15, 0.2) is 24.5 Å². The van der Waals surface area contributed by atoms with Crippen LogP contribution in [0.2, 0.25) is 0 Å². The van der Waals surface area contributed by atoms with E-state index in [1.54, 1.807) is 0 Å². The van der Waals surface area contributed by atoms with Gasteiger partial charge in [-0.05, 0) is 31.0 Å². The van der Waals surface area contributed by atoms with Gasteiger partial charge in [-0.25, -0.2) is 4.98 Å². The van der Waals surface area contributed by atoms with E-state index < -0.39 is 0 Å². The molecule has 0 N–H and O–H groups in total. The number of fused-ring (bicyclic) bond motifs is 1. The molecule has 2 aromatic rings. The molecule has 14 heavy (non-hydrogen) atoms. The van der Waals surface area contributed by atoms with Gasteiger partial charge in [-0.3, -0.25) is 0 Å². The number of aromatic nitrogens is 2. The van der Waals surface area contributed by atoms with Crippen molar-refractivity contribution in [3.63, 3.8) is 0 Å². The van der Waals surface area contributed by atoms with Gasteiger partial charge in [0.2, 0.25) is 0 Å². The van der Waals surface area contributed by atoms with Gasteiger partial charge in [-0.1, -0.05) is 20.8 Å². The lowest BCUT2D eigenvalue weighted by Gasteiger charge is -1.98. The number of rotatable bonds is 1. The van der Waals surface area contributed by atoms with Crippen LogP contribution in [-0.2, 0) is 6.42 Å². The van der Waals surface area contributed by atoms with E-state index in [4.69, 9.17) is 0 Å². The Kier molecular flexibility index (Phi) is 3.69. The third-order valence-electron chi connectivity index (χ3n) is 2.11. The first kappa shape index (κ1) is 10.8.